The van der Waals surface area contributed by atoms with E-state index in [-0.39, 0.29) is 11.8 Å². The first-order valence-electron chi connectivity index (χ1n) is 3.75. The lowest BCUT2D eigenvalue weighted by molar-refractivity contribution is -0.414. The molecule has 0 saturated heterocycles. The Labute approximate surface area is 70.9 Å². The summed E-state index contributed by atoms with van der Waals surface area (Å²) in [7, 11) is 0. The van der Waals surface area contributed by atoms with Crippen LogP contribution in [-0.4, -0.2) is 24.5 Å². The number of amides is 1. The maximum Gasteiger partial charge on any atom is 0.278 e. The van der Waals surface area contributed by atoms with Crippen molar-refractivity contribution in [2.75, 3.05) is 6.54 Å². The van der Waals surface area contributed by atoms with Crippen LogP contribution in [0, 0.1) is 5.92 Å². The molecule has 5 nitrogen and oxygen atoms in total. The van der Waals surface area contributed by atoms with Crippen LogP contribution < -0.4 is 16.2 Å². The molecule has 0 heterocycles. The zero-order valence-electron chi connectivity index (χ0n) is 7.29. The van der Waals surface area contributed by atoms with Crippen LogP contribution in [0.5, 0.6) is 0 Å². The van der Waals surface area contributed by atoms with Gasteiger partial charge in [0.1, 0.15) is 0 Å². The fourth-order valence-electron chi connectivity index (χ4n) is 0.593. The Morgan fingerprint density at radius 2 is 2.00 bits per heavy atom. The topological polar surface area (TPSA) is 96.9 Å². The molecule has 1 atom stereocenters. The van der Waals surface area contributed by atoms with Gasteiger partial charge in [0, 0.05) is 5.92 Å². The van der Waals surface area contributed by atoms with E-state index in [4.69, 9.17) is 0 Å². The second kappa shape index (κ2) is 4.71. The smallest absolute Gasteiger partial charge is 0.278 e. The van der Waals surface area contributed by atoms with Gasteiger partial charge in [-0.25, -0.2) is 0 Å². The summed E-state index contributed by atoms with van der Waals surface area (Å²) in [6, 6.07) is -0.413. The predicted molar refractivity (Wildman–Crippen MR) is 39.5 cm³/mol. The average molecular weight is 174 g/mol. The molecule has 70 valence electrons. The van der Waals surface area contributed by atoms with Gasteiger partial charge >= 0.3 is 0 Å². The summed E-state index contributed by atoms with van der Waals surface area (Å²) in [5.74, 6) is -1.54. The van der Waals surface area contributed by atoms with E-state index in [1.807, 2.05) is 13.8 Å². The van der Waals surface area contributed by atoms with Crippen molar-refractivity contribution < 1.29 is 20.4 Å². The van der Waals surface area contributed by atoms with E-state index >= 15 is 0 Å². The molecule has 5 heteroatoms. The molecular weight excluding hydrogens is 160 g/mol. The van der Waals surface area contributed by atoms with Crippen molar-refractivity contribution in [3.05, 3.63) is 0 Å². The van der Waals surface area contributed by atoms with Crippen LogP contribution in [0.25, 0.3) is 0 Å². The Hall–Kier alpha value is -1.10. The van der Waals surface area contributed by atoms with Crippen LogP contribution >= 0.6 is 0 Å². The van der Waals surface area contributed by atoms with E-state index in [0.29, 0.717) is 0 Å². The van der Waals surface area contributed by atoms with Gasteiger partial charge in [-0.05, 0) is 0 Å². The predicted octanol–water partition coefficient (Wildman–Crippen LogP) is -2.88. The van der Waals surface area contributed by atoms with Gasteiger partial charge in [0.15, 0.2) is 6.04 Å². The molecule has 0 aromatic heterocycles. The molecule has 0 saturated carbocycles. The van der Waals surface area contributed by atoms with Crippen LogP contribution in [0.1, 0.15) is 13.8 Å². The fraction of sp³-hybridized carbons (Fsp3) is 0.714. The van der Waals surface area contributed by atoms with E-state index in [0.717, 1.165) is 0 Å². The molecule has 1 amide bonds. The molecular formula is C7H14N2O3. The number of carboxylic acids is 1. The molecule has 0 bridgehead atoms. The van der Waals surface area contributed by atoms with Crippen LogP contribution in [0.15, 0.2) is 0 Å². The molecule has 0 fully saturated rings. The number of hydrogen-bond donors (Lipinski definition) is 2. The van der Waals surface area contributed by atoms with Gasteiger partial charge in [-0.3, -0.25) is 4.79 Å². The van der Waals surface area contributed by atoms with E-state index in [2.05, 4.69) is 11.1 Å². The van der Waals surface area contributed by atoms with Crippen molar-refractivity contribution in [2.45, 2.75) is 19.9 Å². The number of aliphatic carboxylic acids is 1. The molecule has 0 aliphatic rings. The van der Waals surface area contributed by atoms with Gasteiger partial charge in [0.25, 0.3) is 5.91 Å². The normalized spacial score (nSPS) is 12.7. The third kappa shape index (κ3) is 3.92. The van der Waals surface area contributed by atoms with Crippen LogP contribution in [0.4, 0.5) is 0 Å². The highest BCUT2D eigenvalue weighted by molar-refractivity contribution is 5.83. The standard InChI is InChI=1S/C7H14N2O3/c1-4(2)6(8)7(12)9-3-5(10)11/h4,6H,3,8H2,1-2H3,(H,9,12)(H,10,11)/t6-/m1/s1. The van der Waals surface area contributed by atoms with Crippen molar-refractivity contribution in [3.63, 3.8) is 0 Å². The molecule has 0 aliphatic carbocycles. The summed E-state index contributed by atoms with van der Waals surface area (Å²) in [6.07, 6.45) is 0. The van der Waals surface area contributed by atoms with Gasteiger partial charge < -0.3 is 21.0 Å². The zero-order chi connectivity index (χ0) is 9.72. The summed E-state index contributed by atoms with van der Waals surface area (Å²) < 4.78 is 0. The van der Waals surface area contributed by atoms with E-state index in [1.165, 1.54) is 0 Å². The minimum atomic E-state index is -1.29. The summed E-state index contributed by atoms with van der Waals surface area (Å²) in [4.78, 5) is 21.0. The summed E-state index contributed by atoms with van der Waals surface area (Å²) in [6.45, 7) is 3.24. The number of carbonyl (C=O) groups excluding carboxylic acids is 2. The molecule has 0 spiro atoms. The Kier molecular flexibility index (Phi) is 4.28. The molecule has 0 aromatic rings. The quantitative estimate of drug-likeness (QED) is 0.479. The minimum Gasteiger partial charge on any atom is -0.548 e. The number of quaternary nitrogens is 1. The highest BCUT2D eigenvalue weighted by Gasteiger charge is 2.20. The van der Waals surface area contributed by atoms with Gasteiger partial charge in [0.05, 0.1) is 12.5 Å². The van der Waals surface area contributed by atoms with Crippen molar-refractivity contribution in [2.24, 2.45) is 5.92 Å². The molecule has 0 unspecified atom stereocenters. The highest BCUT2D eigenvalue weighted by Crippen LogP contribution is 1.94. The molecule has 12 heavy (non-hydrogen) atoms. The highest BCUT2D eigenvalue weighted by atomic mass is 16.4. The average Bonchev–Trinajstić information content (AvgIpc) is 1.98. The van der Waals surface area contributed by atoms with Gasteiger partial charge in [-0.15, -0.1) is 0 Å². The molecule has 0 aliphatic heterocycles. The lowest BCUT2D eigenvalue weighted by Crippen LogP contribution is -2.70. The monoisotopic (exact) mass is 174 g/mol. The van der Waals surface area contributed by atoms with Gasteiger partial charge in [-0.1, -0.05) is 13.8 Å². The zero-order valence-corrected chi connectivity index (χ0v) is 7.29. The second-order valence-electron chi connectivity index (χ2n) is 2.94. The van der Waals surface area contributed by atoms with E-state index in [9.17, 15) is 14.7 Å². The first-order valence-corrected chi connectivity index (χ1v) is 3.75. The number of nitrogens with one attached hydrogen (secondary N) is 1. The third-order valence-corrected chi connectivity index (χ3v) is 1.55. The number of rotatable bonds is 4. The van der Waals surface area contributed by atoms with Crippen molar-refractivity contribution in [3.8, 4) is 0 Å². The summed E-state index contributed by atoms with van der Waals surface area (Å²) in [5, 5.41) is 12.1. The second-order valence-corrected chi connectivity index (χ2v) is 2.94. The van der Waals surface area contributed by atoms with Gasteiger partial charge in [0.2, 0.25) is 0 Å². The maximum atomic E-state index is 11.0. The Morgan fingerprint density at radius 1 is 1.50 bits per heavy atom. The number of carbonyl (C=O) groups is 2. The molecule has 0 aromatic carbocycles. The lowest BCUT2D eigenvalue weighted by atomic mass is 10.1. The van der Waals surface area contributed by atoms with Crippen molar-refractivity contribution in [1.29, 1.82) is 0 Å². The first kappa shape index (κ1) is 10.9. The fourth-order valence-corrected chi connectivity index (χ4v) is 0.593. The van der Waals surface area contributed by atoms with Crippen LogP contribution in [-0.2, 0) is 9.59 Å². The van der Waals surface area contributed by atoms with Crippen molar-refractivity contribution in [1.82, 2.24) is 5.32 Å². The van der Waals surface area contributed by atoms with Crippen molar-refractivity contribution >= 4 is 11.9 Å². The number of hydrogen-bond acceptors (Lipinski definition) is 3. The number of carboxylic acid groups (broad SMARTS) is 1. The third-order valence-electron chi connectivity index (χ3n) is 1.55. The SMILES string of the molecule is CC(C)[C@@H]([NH3+])C(=O)NCC(=O)[O-]. The molecule has 4 N–H and O–H groups in total. The summed E-state index contributed by atoms with van der Waals surface area (Å²) >= 11 is 0. The first-order chi connectivity index (χ1) is 5.45. The van der Waals surface area contributed by atoms with Crippen LogP contribution in [0.3, 0.4) is 0 Å². The Balaban J connectivity index is 3.80. The maximum absolute atomic E-state index is 11.0. The van der Waals surface area contributed by atoms with E-state index in [1.54, 1.807) is 0 Å². The molecule has 0 radical (unpaired) electrons. The Bertz CT molecular complexity index is 179. The molecule has 0 rings (SSSR count). The van der Waals surface area contributed by atoms with Gasteiger partial charge in [-0.2, -0.15) is 0 Å². The summed E-state index contributed by atoms with van der Waals surface area (Å²) in [5.41, 5.74) is 3.59. The lowest BCUT2D eigenvalue weighted by Gasteiger charge is -2.12. The largest absolute Gasteiger partial charge is 0.548 e. The minimum absolute atomic E-state index is 0.103. The van der Waals surface area contributed by atoms with E-state index < -0.39 is 18.6 Å². The Morgan fingerprint density at radius 3 is 2.33 bits per heavy atom. The van der Waals surface area contributed by atoms with Crippen LogP contribution in [0.2, 0.25) is 0 Å².